The van der Waals surface area contributed by atoms with Gasteiger partial charge in [0, 0.05) is 10.2 Å². The van der Waals surface area contributed by atoms with Crippen LogP contribution in [0.15, 0.2) is 46.9 Å². The average Bonchev–Trinajstić information content (AvgIpc) is 2.60. The van der Waals surface area contributed by atoms with E-state index < -0.39 is 11.9 Å². The molecule has 9 heteroatoms. The van der Waals surface area contributed by atoms with E-state index in [1.54, 1.807) is 42.5 Å². The summed E-state index contributed by atoms with van der Waals surface area (Å²) in [4.78, 5) is 23.3. The maximum Gasteiger partial charge on any atom is 0.337 e. The predicted molar refractivity (Wildman–Crippen MR) is 107 cm³/mol. The monoisotopic (exact) mass is 456 g/mol. The molecule has 0 saturated carbocycles. The molecule has 0 unspecified atom stereocenters. The molecule has 0 atom stereocenters. The number of esters is 1. The maximum atomic E-state index is 11.9. The highest BCUT2D eigenvalue weighted by Gasteiger charge is 2.09. The second-order valence-electron chi connectivity index (χ2n) is 4.93. The highest BCUT2D eigenvalue weighted by atomic mass is 79.9. The van der Waals surface area contributed by atoms with Crippen molar-refractivity contribution in [3.63, 3.8) is 0 Å². The number of anilines is 1. The van der Waals surface area contributed by atoms with Crippen LogP contribution in [0.3, 0.4) is 0 Å². The van der Waals surface area contributed by atoms with Crippen LogP contribution in [0, 0.1) is 0 Å². The van der Waals surface area contributed by atoms with Gasteiger partial charge in [-0.3, -0.25) is 10.1 Å². The molecule has 1 amide bonds. The minimum absolute atomic E-state index is 0.103. The van der Waals surface area contributed by atoms with Crippen LogP contribution in [0.1, 0.15) is 10.4 Å². The lowest BCUT2D eigenvalue weighted by Crippen LogP contribution is -2.37. The van der Waals surface area contributed by atoms with E-state index in [1.807, 2.05) is 0 Å². The van der Waals surface area contributed by atoms with Gasteiger partial charge in [-0.15, -0.1) is 0 Å². The van der Waals surface area contributed by atoms with Crippen molar-refractivity contribution in [3.05, 3.63) is 57.5 Å². The van der Waals surface area contributed by atoms with Crippen LogP contribution in [0.2, 0.25) is 5.02 Å². The third-order valence-corrected chi connectivity index (χ3v) is 4.06. The second-order valence-corrected chi connectivity index (χ2v) is 6.67. The molecule has 0 spiro atoms. The van der Waals surface area contributed by atoms with E-state index in [0.29, 0.717) is 22.0 Å². The van der Waals surface area contributed by atoms with Gasteiger partial charge < -0.3 is 14.8 Å². The quantitative estimate of drug-likeness (QED) is 0.526. The lowest BCUT2D eigenvalue weighted by molar-refractivity contribution is -0.121. The van der Waals surface area contributed by atoms with E-state index in [1.165, 1.54) is 7.11 Å². The largest absolute Gasteiger partial charge is 0.482 e. The molecule has 136 valence electrons. The molecule has 6 nitrogen and oxygen atoms in total. The Bertz CT molecular complexity index is 830. The molecule has 0 radical (unpaired) electrons. The molecule has 0 aliphatic heterocycles. The Morgan fingerprint density at radius 1 is 1.19 bits per heavy atom. The first kappa shape index (κ1) is 20.2. The minimum atomic E-state index is -0.437. The molecule has 0 aromatic heterocycles. The Hall–Kier alpha value is -2.16. The van der Waals surface area contributed by atoms with E-state index in [9.17, 15) is 9.59 Å². The Morgan fingerprint density at radius 2 is 1.88 bits per heavy atom. The fourth-order valence-electron chi connectivity index (χ4n) is 1.87. The Balaban J connectivity index is 1.83. The molecular weight excluding hydrogens is 444 g/mol. The highest BCUT2D eigenvalue weighted by Crippen LogP contribution is 2.27. The molecule has 0 aliphatic carbocycles. The van der Waals surface area contributed by atoms with Gasteiger partial charge in [0.15, 0.2) is 11.7 Å². The fourth-order valence-corrected chi connectivity index (χ4v) is 2.83. The number of carbonyl (C=O) groups excluding carboxylic acids is 2. The van der Waals surface area contributed by atoms with E-state index >= 15 is 0 Å². The summed E-state index contributed by atoms with van der Waals surface area (Å²) in [6.07, 6.45) is 0. The van der Waals surface area contributed by atoms with Crippen LogP contribution in [-0.2, 0) is 9.53 Å². The van der Waals surface area contributed by atoms with Crippen LogP contribution in [0.4, 0.5) is 5.69 Å². The molecule has 0 saturated heterocycles. The van der Waals surface area contributed by atoms with Crippen molar-refractivity contribution in [2.45, 2.75) is 0 Å². The van der Waals surface area contributed by atoms with Crippen LogP contribution < -0.4 is 15.4 Å². The van der Waals surface area contributed by atoms with Gasteiger partial charge in [0.1, 0.15) is 5.75 Å². The van der Waals surface area contributed by atoms with Crippen LogP contribution in [0.25, 0.3) is 0 Å². The Labute approximate surface area is 168 Å². The van der Waals surface area contributed by atoms with Gasteiger partial charge in [0.25, 0.3) is 5.91 Å². The summed E-state index contributed by atoms with van der Waals surface area (Å²) < 4.78 is 10.8. The van der Waals surface area contributed by atoms with Gasteiger partial charge in [-0.2, -0.15) is 0 Å². The summed E-state index contributed by atoms with van der Waals surface area (Å²) in [6, 6.07) is 11.5. The van der Waals surface area contributed by atoms with Gasteiger partial charge >= 0.3 is 5.97 Å². The van der Waals surface area contributed by atoms with Crippen molar-refractivity contribution in [3.8, 4) is 5.75 Å². The van der Waals surface area contributed by atoms with Crippen molar-refractivity contribution in [1.29, 1.82) is 0 Å². The summed E-state index contributed by atoms with van der Waals surface area (Å²) in [5, 5.41) is 5.81. The Morgan fingerprint density at radius 3 is 2.50 bits per heavy atom. The van der Waals surface area contributed by atoms with E-state index in [0.717, 1.165) is 4.47 Å². The fraction of sp³-hybridized carbons (Fsp3) is 0.118. The zero-order valence-corrected chi connectivity index (χ0v) is 16.7. The lowest BCUT2D eigenvalue weighted by atomic mass is 10.2. The van der Waals surface area contributed by atoms with Gasteiger partial charge in [-0.1, -0.05) is 27.5 Å². The van der Waals surface area contributed by atoms with E-state index in [-0.39, 0.29) is 11.7 Å². The van der Waals surface area contributed by atoms with Crippen LogP contribution in [0.5, 0.6) is 5.75 Å². The molecule has 0 fully saturated rings. The first-order chi connectivity index (χ1) is 12.4. The average molecular weight is 458 g/mol. The first-order valence-corrected chi connectivity index (χ1v) is 8.84. The number of nitrogens with one attached hydrogen (secondary N) is 2. The summed E-state index contributed by atoms with van der Waals surface area (Å²) in [5.74, 6) is -0.480. The number of benzene rings is 2. The van der Waals surface area contributed by atoms with Gasteiger partial charge in [-0.25, -0.2) is 4.79 Å². The lowest BCUT2D eigenvalue weighted by Gasteiger charge is -2.11. The highest BCUT2D eigenvalue weighted by molar-refractivity contribution is 9.10. The summed E-state index contributed by atoms with van der Waals surface area (Å²) in [6.45, 7) is -0.246. The topological polar surface area (TPSA) is 76.7 Å². The number of hydrogen-bond acceptors (Lipinski definition) is 5. The number of halogens is 2. The SMILES string of the molecule is COC(=O)c1ccc(NC(=S)NC(=O)COc2ccc(Br)cc2Cl)cc1. The molecule has 2 rings (SSSR count). The zero-order chi connectivity index (χ0) is 19.1. The number of rotatable bonds is 5. The van der Waals surface area contributed by atoms with Crippen molar-refractivity contribution in [2.75, 3.05) is 19.0 Å². The number of thiocarbonyl (C=S) groups is 1. The van der Waals surface area contributed by atoms with Gasteiger partial charge in [0.05, 0.1) is 17.7 Å². The van der Waals surface area contributed by atoms with Gasteiger partial charge in [-0.05, 0) is 54.7 Å². The third-order valence-electron chi connectivity index (χ3n) is 3.07. The van der Waals surface area contributed by atoms with Crippen molar-refractivity contribution in [1.82, 2.24) is 5.32 Å². The molecular formula is C17H14BrClN2O4S. The summed E-state index contributed by atoms with van der Waals surface area (Å²) in [5.41, 5.74) is 1.02. The molecule has 2 N–H and O–H groups in total. The number of amides is 1. The number of methoxy groups -OCH3 is 1. The number of hydrogen-bond donors (Lipinski definition) is 2. The van der Waals surface area contributed by atoms with Crippen LogP contribution >= 0.6 is 39.7 Å². The van der Waals surface area contributed by atoms with E-state index in [2.05, 4.69) is 31.3 Å². The molecule has 0 aliphatic rings. The number of carbonyl (C=O) groups is 2. The second kappa shape index (κ2) is 9.51. The number of ether oxygens (including phenoxy) is 2. The predicted octanol–water partition coefficient (Wildman–Crippen LogP) is 3.78. The molecule has 26 heavy (non-hydrogen) atoms. The minimum Gasteiger partial charge on any atom is -0.482 e. The molecule has 2 aromatic rings. The first-order valence-electron chi connectivity index (χ1n) is 7.26. The molecule has 0 bridgehead atoms. The standard InChI is InChI=1S/C17H14BrClN2O4S/c1-24-16(23)10-2-5-12(6-3-10)20-17(26)21-15(22)9-25-14-7-4-11(18)8-13(14)19/h2-8H,9H2,1H3,(H2,20,21,22,26). The van der Waals surface area contributed by atoms with Crippen molar-refractivity contribution in [2.24, 2.45) is 0 Å². The maximum absolute atomic E-state index is 11.9. The van der Waals surface area contributed by atoms with Gasteiger partial charge in [0.2, 0.25) is 0 Å². The van der Waals surface area contributed by atoms with Crippen molar-refractivity contribution >= 4 is 62.4 Å². The molecule has 0 heterocycles. The summed E-state index contributed by atoms with van der Waals surface area (Å²) >= 11 is 14.4. The zero-order valence-electron chi connectivity index (χ0n) is 13.5. The van der Waals surface area contributed by atoms with Crippen LogP contribution in [-0.4, -0.2) is 30.7 Å². The third kappa shape index (κ3) is 5.98. The van der Waals surface area contributed by atoms with E-state index in [4.69, 9.17) is 28.6 Å². The summed E-state index contributed by atoms with van der Waals surface area (Å²) in [7, 11) is 1.31. The smallest absolute Gasteiger partial charge is 0.337 e. The Kier molecular flexibility index (Phi) is 7.38. The van der Waals surface area contributed by atoms with Crippen molar-refractivity contribution < 1.29 is 19.1 Å². The molecule has 2 aromatic carbocycles. The normalized spacial score (nSPS) is 9.96.